The summed E-state index contributed by atoms with van der Waals surface area (Å²) in [4.78, 5) is 15.1. The SMILES string of the molecule is Cc1cc2c(=O)c3ccccc3[nH]c2o1. The van der Waals surface area contributed by atoms with E-state index in [0.717, 1.165) is 11.3 Å². The average Bonchev–Trinajstić information content (AvgIpc) is 2.59. The van der Waals surface area contributed by atoms with Crippen molar-refractivity contribution in [2.24, 2.45) is 0 Å². The molecule has 2 aromatic heterocycles. The second-order valence-corrected chi connectivity index (χ2v) is 3.60. The molecule has 0 radical (unpaired) electrons. The average molecular weight is 199 g/mol. The van der Waals surface area contributed by atoms with E-state index in [9.17, 15) is 4.79 Å². The zero-order valence-corrected chi connectivity index (χ0v) is 8.20. The highest BCUT2D eigenvalue weighted by atomic mass is 16.3. The van der Waals surface area contributed by atoms with Crippen LogP contribution < -0.4 is 5.43 Å². The van der Waals surface area contributed by atoms with Crippen molar-refractivity contribution in [2.75, 3.05) is 0 Å². The van der Waals surface area contributed by atoms with Gasteiger partial charge in [-0.2, -0.15) is 0 Å². The fourth-order valence-corrected chi connectivity index (χ4v) is 1.83. The lowest BCUT2D eigenvalue weighted by Crippen LogP contribution is -2.01. The quantitative estimate of drug-likeness (QED) is 0.604. The molecule has 0 fully saturated rings. The first-order chi connectivity index (χ1) is 7.25. The third-order valence-corrected chi connectivity index (χ3v) is 2.52. The zero-order chi connectivity index (χ0) is 10.4. The van der Waals surface area contributed by atoms with Crippen LogP contribution in [0.3, 0.4) is 0 Å². The van der Waals surface area contributed by atoms with E-state index in [0.29, 0.717) is 16.5 Å². The Bertz CT molecular complexity index is 706. The number of H-pyrrole nitrogens is 1. The van der Waals surface area contributed by atoms with E-state index < -0.39 is 0 Å². The highest BCUT2D eigenvalue weighted by Gasteiger charge is 2.08. The minimum absolute atomic E-state index is 0.0243. The summed E-state index contributed by atoms with van der Waals surface area (Å²) in [5.74, 6) is 0.744. The highest BCUT2D eigenvalue weighted by molar-refractivity contribution is 5.90. The molecule has 1 aromatic carbocycles. The van der Waals surface area contributed by atoms with Gasteiger partial charge >= 0.3 is 0 Å². The normalized spacial score (nSPS) is 11.3. The van der Waals surface area contributed by atoms with Crippen molar-refractivity contribution in [1.29, 1.82) is 0 Å². The van der Waals surface area contributed by atoms with E-state index in [1.54, 1.807) is 6.07 Å². The molecule has 0 bridgehead atoms. The number of hydrogen-bond donors (Lipinski definition) is 1. The number of furan rings is 1. The van der Waals surface area contributed by atoms with Crippen molar-refractivity contribution in [3.63, 3.8) is 0 Å². The van der Waals surface area contributed by atoms with Gasteiger partial charge < -0.3 is 9.40 Å². The summed E-state index contributed by atoms with van der Waals surface area (Å²) in [7, 11) is 0. The topological polar surface area (TPSA) is 46.0 Å². The lowest BCUT2D eigenvalue weighted by atomic mass is 10.2. The van der Waals surface area contributed by atoms with Crippen molar-refractivity contribution >= 4 is 22.0 Å². The van der Waals surface area contributed by atoms with Gasteiger partial charge in [-0.05, 0) is 25.1 Å². The number of aromatic nitrogens is 1. The Kier molecular flexibility index (Phi) is 1.51. The van der Waals surface area contributed by atoms with E-state index in [2.05, 4.69) is 4.98 Å². The smallest absolute Gasteiger partial charge is 0.208 e. The van der Waals surface area contributed by atoms with Gasteiger partial charge in [-0.15, -0.1) is 0 Å². The number of para-hydroxylation sites is 1. The van der Waals surface area contributed by atoms with E-state index in [1.165, 1.54) is 0 Å². The summed E-state index contributed by atoms with van der Waals surface area (Å²) >= 11 is 0. The molecular formula is C12H9NO2. The van der Waals surface area contributed by atoms with Gasteiger partial charge in [0.05, 0.1) is 10.9 Å². The van der Waals surface area contributed by atoms with Crippen molar-refractivity contribution in [3.05, 3.63) is 46.3 Å². The van der Waals surface area contributed by atoms with E-state index in [4.69, 9.17) is 4.42 Å². The fraction of sp³-hybridized carbons (Fsp3) is 0.0833. The number of aryl methyl sites for hydroxylation is 1. The van der Waals surface area contributed by atoms with E-state index >= 15 is 0 Å². The van der Waals surface area contributed by atoms with Crippen LogP contribution in [0.5, 0.6) is 0 Å². The van der Waals surface area contributed by atoms with E-state index in [-0.39, 0.29) is 5.43 Å². The Hall–Kier alpha value is -2.03. The summed E-state index contributed by atoms with van der Waals surface area (Å²) in [6.45, 7) is 1.83. The Morgan fingerprint density at radius 2 is 2.00 bits per heavy atom. The first-order valence-electron chi connectivity index (χ1n) is 4.77. The van der Waals surface area contributed by atoms with Gasteiger partial charge in [-0.3, -0.25) is 4.79 Å². The van der Waals surface area contributed by atoms with Gasteiger partial charge in [-0.1, -0.05) is 12.1 Å². The van der Waals surface area contributed by atoms with Crippen LogP contribution >= 0.6 is 0 Å². The number of fused-ring (bicyclic) bond motifs is 2. The summed E-state index contributed by atoms with van der Waals surface area (Å²) in [6.07, 6.45) is 0. The molecule has 15 heavy (non-hydrogen) atoms. The first kappa shape index (κ1) is 8.29. The van der Waals surface area contributed by atoms with Crippen LogP contribution in [0.1, 0.15) is 5.76 Å². The summed E-state index contributed by atoms with van der Waals surface area (Å²) in [5, 5.41) is 1.32. The third kappa shape index (κ3) is 1.09. The molecule has 1 N–H and O–H groups in total. The van der Waals surface area contributed by atoms with Crippen LogP contribution in [0.15, 0.2) is 39.5 Å². The zero-order valence-electron chi connectivity index (χ0n) is 8.20. The minimum atomic E-state index is 0.0243. The predicted molar refractivity (Wildman–Crippen MR) is 59.1 cm³/mol. The summed E-state index contributed by atoms with van der Waals surface area (Å²) < 4.78 is 5.40. The van der Waals surface area contributed by atoms with Crippen LogP contribution in [-0.2, 0) is 0 Å². The molecule has 0 amide bonds. The predicted octanol–water partition coefficient (Wildman–Crippen LogP) is 2.58. The molecule has 0 spiro atoms. The standard InChI is InChI=1S/C12H9NO2/c1-7-6-9-11(14)8-4-2-3-5-10(8)13-12(9)15-7/h2-6H,1H3,(H,13,14). The maximum atomic E-state index is 12.0. The fourth-order valence-electron chi connectivity index (χ4n) is 1.83. The molecule has 74 valence electrons. The van der Waals surface area contributed by atoms with Gasteiger partial charge in [0, 0.05) is 5.39 Å². The molecule has 3 nitrogen and oxygen atoms in total. The molecule has 0 unspecified atom stereocenters. The Labute approximate surface area is 85.3 Å². The molecular weight excluding hydrogens is 190 g/mol. The number of aromatic amines is 1. The van der Waals surface area contributed by atoms with E-state index in [1.807, 2.05) is 31.2 Å². The van der Waals surface area contributed by atoms with Crippen molar-refractivity contribution in [2.45, 2.75) is 6.92 Å². The van der Waals surface area contributed by atoms with Gasteiger partial charge in [0.2, 0.25) is 11.1 Å². The van der Waals surface area contributed by atoms with Crippen LogP contribution in [-0.4, -0.2) is 4.98 Å². The monoisotopic (exact) mass is 199 g/mol. The number of pyridine rings is 1. The highest BCUT2D eigenvalue weighted by Crippen LogP contribution is 2.17. The minimum Gasteiger partial charge on any atom is -0.445 e. The third-order valence-electron chi connectivity index (χ3n) is 2.52. The maximum absolute atomic E-state index is 12.0. The lowest BCUT2D eigenvalue weighted by Gasteiger charge is -1.96. The number of nitrogens with one attached hydrogen (secondary N) is 1. The molecule has 0 atom stereocenters. The molecule has 3 rings (SSSR count). The first-order valence-corrected chi connectivity index (χ1v) is 4.77. The second-order valence-electron chi connectivity index (χ2n) is 3.60. The van der Waals surface area contributed by atoms with Crippen LogP contribution in [0.2, 0.25) is 0 Å². The summed E-state index contributed by atoms with van der Waals surface area (Å²) in [5.41, 5.74) is 1.39. The molecule has 2 heterocycles. The Morgan fingerprint density at radius 1 is 1.20 bits per heavy atom. The van der Waals surface area contributed by atoms with Gasteiger partial charge in [-0.25, -0.2) is 0 Å². The largest absolute Gasteiger partial charge is 0.445 e. The van der Waals surface area contributed by atoms with Crippen LogP contribution in [0.25, 0.3) is 22.0 Å². The van der Waals surface area contributed by atoms with Gasteiger partial charge in [0.15, 0.2) is 0 Å². The van der Waals surface area contributed by atoms with Crippen LogP contribution in [0, 0.1) is 6.92 Å². The molecule has 0 aliphatic rings. The van der Waals surface area contributed by atoms with Crippen molar-refractivity contribution < 1.29 is 4.42 Å². The Balaban J connectivity index is 2.65. The van der Waals surface area contributed by atoms with Crippen molar-refractivity contribution in [1.82, 2.24) is 4.98 Å². The lowest BCUT2D eigenvalue weighted by molar-refractivity contribution is 0.569. The molecule has 0 saturated carbocycles. The molecule has 0 aliphatic carbocycles. The Morgan fingerprint density at radius 3 is 2.87 bits per heavy atom. The summed E-state index contributed by atoms with van der Waals surface area (Å²) in [6, 6.07) is 9.20. The molecule has 0 saturated heterocycles. The van der Waals surface area contributed by atoms with Gasteiger partial charge in [0.25, 0.3) is 0 Å². The molecule has 0 aliphatic heterocycles. The second kappa shape index (κ2) is 2.73. The maximum Gasteiger partial charge on any atom is 0.208 e. The number of rotatable bonds is 0. The molecule has 3 heteroatoms. The van der Waals surface area contributed by atoms with Crippen LogP contribution in [0.4, 0.5) is 0 Å². The van der Waals surface area contributed by atoms with Gasteiger partial charge in [0.1, 0.15) is 5.76 Å². The molecule has 3 aromatic rings. The van der Waals surface area contributed by atoms with Crippen molar-refractivity contribution in [3.8, 4) is 0 Å². The number of benzene rings is 1. The number of hydrogen-bond acceptors (Lipinski definition) is 2.